The van der Waals surface area contributed by atoms with Crippen molar-refractivity contribution in [1.29, 1.82) is 0 Å². The van der Waals surface area contributed by atoms with Crippen LogP contribution < -0.4 is 0 Å². The van der Waals surface area contributed by atoms with Gasteiger partial charge in [-0.1, -0.05) is 26.0 Å². The number of rotatable bonds is 3. The van der Waals surface area contributed by atoms with Gasteiger partial charge in [0.2, 0.25) is 0 Å². The minimum Gasteiger partial charge on any atom is -0.508 e. The van der Waals surface area contributed by atoms with Crippen molar-refractivity contribution < 1.29 is 10.2 Å². The molecule has 94 valence electrons. The number of hydrogen-bond donors (Lipinski definition) is 2. The molecular weight excluding hydrogens is 224 g/mol. The lowest BCUT2D eigenvalue weighted by atomic mass is 9.95. The van der Waals surface area contributed by atoms with Crippen LogP contribution in [0, 0.1) is 0 Å². The normalized spacial score (nSPS) is 10.6. The molecule has 0 amide bonds. The Hall–Kier alpha value is -1.96. The van der Waals surface area contributed by atoms with Crippen molar-refractivity contribution in [1.82, 2.24) is 0 Å². The van der Waals surface area contributed by atoms with Crippen molar-refractivity contribution in [2.75, 3.05) is 0 Å². The lowest BCUT2D eigenvalue weighted by molar-refractivity contribution is 0.474. The zero-order valence-electron chi connectivity index (χ0n) is 10.8. The molecule has 2 aromatic rings. The first-order valence-electron chi connectivity index (χ1n) is 6.29. The Labute approximate surface area is 108 Å². The molecule has 0 saturated heterocycles. The summed E-state index contributed by atoms with van der Waals surface area (Å²) in [6.07, 6.45) is 1.79. The van der Waals surface area contributed by atoms with Crippen molar-refractivity contribution in [3.63, 3.8) is 0 Å². The van der Waals surface area contributed by atoms with Crippen LogP contribution in [0.4, 0.5) is 0 Å². The minimum absolute atomic E-state index is 0.225. The lowest BCUT2D eigenvalue weighted by Gasteiger charge is -2.12. The van der Waals surface area contributed by atoms with Gasteiger partial charge >= 0.3 is 0 Å². The molecule has 0 fully saturated rings. The number of phenolic OH excluding ortho intramolecular Hbond substituents is 2. The average Bonchev–Trinajstić information content (AvgIpc) is 2.39. The van der Waals surface area contributed by atoms with Crippen molar-refractivity contribution in [2.45, 2.75) is 26.7 Å². The van der Waals surface area contributed by atoms with Gasteiger partial charge < -0.3 is 10.2 Å². The van der Waals surface area contributed by atoms with Crippen LogP contribution in [-0.2, 0) is 12.8 Å². The maximum Gasteiger partial charge on any atom is 0.123 e. The number of aryl methyl sites for hydroxylation is 2. The van der Waals surface area contributed by atoms with Crippen LogP contribution in [-0.4, -0.2) is 10.2 Å². The van der Waals surface area contributed by atoms with E-state index in [9.17, 15) is 10.2 Å². The fraction of sp³-hybridized carbons (Fsp3) is 0.250. The predicted molar refractivity (Wildman–Crippen MR) is 74.0 cm³/mol. The minimum atomic E-state index is 0.225. The summed E-state index contributed by atoms with van der Waals surface area (Å²) in [5, 5.41) is 19.6. The molecule has 0 heterocycles. The molecule has 0 aliphatic carbocycles. The van der Waals surface area contributed by atoms with E-state index in [0.717, 1.165) is 29.5 Å². The standard InChI is InChI=1S/C16H18O2/c1-3-11-5-8-16(18)15(9-11)14-10-13(17)7-6-12(14)4-2/h5-10,17-18H,3-4H2,1-2H3. The third-order valence-electron chi connectivity index (χ3n) is 3.23. The lowest BCUT2D eigenvalue weighted by Crippen LogP contribution is -1.90. The van der Waals surface area contributed by atoms with E-state index in [1.165, 1.54) is 5.56 Å². The van der Waals surface area contributed by atoms with Crippen molar-refractivity contribution in [2.24, 2.45) is 0 Å². The summed E-state index contributed by atoms with van der Waals surface area (Å²) in [4.78, 5) is 0. The first-order valence-corrected chi connectivity index (χ1v) is 6.29. The van der Waals surface area contributed by atoms with Gasteiger partial charge in [0.25, 0.3) is 0 Å². The second kappa shape index (κ2) is 5.13. The van der Waals surface area contributed by atoms with Crippen molar-refractivity contribution in [3.8, 4) is 22.6 Å². The molecule has 0 aliphatic heterocycles. The molecular formula is C16H18O2. The van der Waals surface area contributed by atoms with Crippen LogP contribution in [0.15, 0.2) is 36.4 Å². The van der Waals surface area contributed by atoms with Crippen molar-refractivity contribution in [3.05, 3.63) is 47.5 Å². The number of benzene rings is 2. The number of phenols is 2. The summed E-state index contributed by atoms with van der Waals surface area (Å²) in [6.45, 7) is 4.15. The van der Waals surface area contributed by atoms with Gasteiger partial charge in [0, 0.05) is 5.56 Å². The second-order valence-electron chi connectivity index (χ2n) is 4.40. The molecule has 2 heteroatoms. The molecule has 0 aromatic heterocycles. The highest BCUT2D eigenvalue weighted by Crippen LogP contribution is 2.34. The summed E-state index contributed by atoms with van der Waals surface area (Å²) in [7, 11) is 0. The Morgan fingerprint density at radius 3 is 2.28 bits per heavy atom. The monoisotopic (exact) mass is 242 g/mol. The smallest absolute Gasteiger partial charge is 0.123 e. The maximum absolute atomic E-state index is 10.0. The first-order chi connectivity index (χ1) is 8.65. The van der Waals surface area contributed by atoms with E-state index >= 15 is 0 Å². The van der Waals surface area contributed by atoms with E-state index in [0.29, 0.717) is 0 Å². The summed E-state index contributed by atoms with van der Waals surface area (Å²) in [5.41, 5.74) is 4.00. The Bertz CT molecular complexity index is 559. The van der Waals surface area contributed by atoms with E-state index in [2.05, 4.69) is 13.8 Å². The van der Waals surface area contributed by atoms with Crippen LogP contribution >= 0.6 is 0 Å². The van der Waals surface area contributed by atoms with E-state index < -0.39 is 0 Å². The van der Waals surface area contributed by atoms with Gasteiger partial charge in [-0.3, -0.25) is 0 Å². The Kier molecular flexibility index (Phi) is 3.56. The highest BCUT2D eigenvalue weighted by molar-refractivity contribution is 5.75. The summed E-state index contributed by atoms with van der Waals surface area (Å²) in [5.74, 6) is 0.482. The van der Waals surface area contributed by atoms with Crippen LogP contribution in [0.25, 0.3) is 11.1 Å². The molecule has 2 nitrogen and oxygen atoms in total. The van der Waals surface area contributed by atoms with Gasteiger partial charge in [0.1, 0.15) is 11.5 Å². The van der Waals surface area contributed by atoms with Gasteiger partial charge in [-0.05, 0) is 53.8 Å². The quantitative estimate of drug-likeness (QED) is 0.857. The molecule has 0 aliphatic rings. The molecule has 0 unspecified atom stereocenters. The number of aromatic hydroxyl groups is 2. The van der Waals surface area contributed by atoms with Gasteiger partial charge in [-0.2, -0.15) is 0 Å². The van der Waals surface area contributed by atoms with Gasteiger partial charge in [0.15, 0.2) is 0 Å². The zero-order chi connectivity index (χ0) is 13.1. The van der Waals surface area contributed by atoms with E-state index in [-0.39, 0.29) is 11.5 Å². The molecule has 2 rings (SSSR count). The largest absolute Gasteiger partial charge is 0.508 e. The van der Waals surface area contributed by atoms with Gasteiger partial charge in [0.05, 0.1) is 0 Å². The fourth-order valence-electron chi connectivity index (χ4n) is 2.14. The second-order valence-corrected chi connectivity index (χ2v) is 4.40. The predicted octanol–water partition coefficient (Wildman–Crippen LogP) is 3.89. The summed E-state index contributed by atoms with van der Waals surface area (Å²) >= 11 is 0. The third-order valence-corrected chi connectivity index (χ3v) is 3.23. The van der Waals surface area contributed by atoms with Crippen LogP contribution in [0.2, 0.25) is 0 Å². The first kappa shape index (κ1) is 12.5. The molecule has 0 saturated carbocycles. The average molecular weight is 242 g/mol. The van der Waals surface area contributed by atoms with Crippen molar-refractivity contribution >= 4 is 0 Å². The zero-order valence-corrected chi connectivity index (χ0v) is 10.8. The maximum atomic E-state index is 10.0. The Morgan fingerprint density at radius 1 is 0.833 bits per heavy atom. The summed E-state index contributed by atoms with van der Waals surface area (Å²) in [6, 6.07) is 10.9. The Balaban J connectivity index is 2.63. The Morgan fingerprint density at radius 2 is 1.61 bits per heavy atom. The molecule has 0 atom stereocenters. The highest BCUT2D eigenvalue weighted by atomic mass is 16.3. The van der Waals surface area contributed by atoms with Crippen LogP contribution in [0.5, 0.6) is 11.5 Å². The molecule has 0 radical (unpaired) electrons. The SMILES string of the molecule is CCc1ccc(O)c(-c2cc(O)ccc2CC)c1. The molecule has 2 aromatic carbocycles. The molecule has 2 N–H and O–H groups in total. The van der Waals surface area contributed by atoms with Crippen LogP contribution in [0.1, 0.15) is 25.0 Å². The molecule has 0 bridgehead atoms. The molecule has 0 spiro atoms. The van der Waals surface area contributed by atoms with Gasteiger partial charge in [-0.15, -0.1) is 0 Å². The highest BCUT2D eigenvalue weighted by Gasteiger charge is 2.10. The van der Waals surface area contributed by atoms with E-state index in [1.54, 1.807) is 18.2 Å². The van der Waals surface area contributed by atoms with Gasteiger partial charge in [-0.25, -0.2) is 0 Å². The van der Waals surface area contributed by atoms with E-state index in [4.69, 9.17) is 0 Å². The topological polar surface area (TPSA) is 40.5 Å². The molecule has 18 heavy (non-hydrogen) atoms. The number of hydrogen-bond acceptors (Lipinski definition) is 2. The third kappa shape index (κ3) is 2.33. The van der Waals surface area contributed by atoms with Crippen LogP contribution in [0.3, 0.4) is 0 Å². The fourth-order valence-corrected chi connectivity index (χ4v) is 2.14. The summed E-state index contributed by atoms with van der Waals surface area (Å²) < 4.78 is 0. The van der Waals surface area contributed by atoms with E-state index in [1.807, 2.05) is 18.2 Å².